The fourth-order valence-electron chi connectivity index (χ4n) is 2.00. The molecule has 5 heteroatoms. The molecule has 100 valence electrons. The smallest absolute Gasteiger partial charge is 0.318 e. The van der Waals surface area contributed by atoms with E-state index in [1.165, 1.54) is 6.07 Å². The minimum Gasteiger partial charge on any atom is -0.318 e. The fraction of sp³-hybridized carbons (Fsp3) is 0.214. The van der Waals surface area contributed by atoms with Gasteiger partial charge >= 0.3 is 6.18 Å². The highest BCUT2D eigenvalue weighted by molar-refractivity contribution is 5.65. The summed E-state index contributed by atoms with van der Waals surface area (Å²) in [7, 11) is 0. The van der Waals surface area contributed by atoms with Crippen LogP contribution in [-0.2, 0) is 6.18 Å². The lowest BCUT2D eigenvalue weighted by Gasteiger charge is -2.09. The molecule has 0 radical (unpaired) electrons. The molecule has 2 nitrogen and oxygen atoms in total. The molecular formula is C14H12F3NO. The van der Waals surface area contributed by atoms with Gasteiger partial charge in [0.25, 0.3) is 0 Å². The maximum Gasteiger partial charge on any atom is 0.431 e. The monoisotopic (exact) mass is 267 g/mol. The topological polar surface area (TPSA) is 32.9 Å². The molecule has 0 saturated carbocycles. The van der Waals surface area contributed by atoms with Crippen LogP contribution in [0.2, 0.25) is 0 Å². The summed E-state index contributed by atoms with van der Waals surface area (Å²) in [5, 5.41) is 0. The first kappa shape index (κ1) is 13.4. The van der Waals surface area contributed by atoms with E-state index in [9.17, 15) is 18.0 Å². The Labute approximate surface area is 107 Å². The van der Waals surface area contributed by atoms with Gasteiger partial charge in [0.2, 0.25) is 5.56 Å². The van der Waals surface area contributed by atoms with E-state index in [1.807, 2.05) is 19.9 Å². The maximum atomic E-state index is 12.7. The molecule has 0 aliphatic heterocycles. The zero-order valence-electron chi connectivity index (χ0n) is 10.4. The first-order chi connectivity index (χ1) is 8.75. The molecule has 0 aliphatic rings. The van der Waals surface area contributed by atoms with E-state index >= 15 is 0 Å². The van der Waals surface area contributed by atoms with Crippen molar-refractivity contribution in [3.8, 4) is 11.1 Å². The molecule has 1 heterocycles. The van der Waals surface area contributed by atoms with E-state index in [0.29, 0.717) is 5.56 Å². The number of pyridine rings is 1. The Kier molecular flexibility index (Phi) is 3.22. The summed E-state index contributed by atoms with van der Waals surface area (Å²) in [6.07, 6.45) is -4.56. The van der Waals surface area contributed by atoms with Crippen molar-refractivity contribution >= 4 is 0 Å². The number of aryl methyl sites for hydroxylation is 2. The Hall–Kier alpha value is -2.04. The molecule has 19 heavy (non-hydrogen) atoms. The molecule has 2 rings (SSSR count). The molecule has 0 fully saturated rings. The predicted octanol–water partition coefficient (Wildman–Crippen LogP) is 3.68. The summed E-state index contributed by atoms with van der Waals surface area (Å²) >= 11 is 0. The normalized spacial score (nSPS) is 11.6. The molecule has 2 aromatic rings. The van der Waals surface area contributed by atoms with Crippen LogP contribution in [0.15, 0.2) is 35.1 Å². The van der Waals surface area contributed by atoms with Crippen molar-refractivity contribution in [1.82, 2.24) is 4.98 Å². The minimum atomic E-state index is -4.56. The van der Waals surface area contributed by atoms with E-state index < -0.39 is 17.4 Å². The first-order valence-electron chi connectivity index (χ1n) is 5.66. The highest BCUT2D eigenvalue weighted by Gasteiger charge is 2.32. The van der Waals surface area contributed by atoms with Crippen LogP contribution in [0.4, 0.5) is 13.2 Å². The van der Waals surface area contributed by atoms with Gasteiger partial charge in [-0.05, 0) is 31.0 Å². The van der Waals surface area contributed by atoms with Crippen LogP contribution in [0.25, 0.3) is 11.1 Å². The lowest BCUT2D eigenvalue weighted by atomic mass is 10.0. The Morgan fingerprint density at radius 2 is 1.42 bits per heavy atom. The number of H-pyrrole nitrogens is 1. The molecule has 0 atom stereocenters. The summed E-state index contributed by atoms with van der Waals surface area (Å²) in [5.74, 6) is 0. The van der Waals surface area contributed by atoms with Gasteiger partial charge in [-0.2, -0.15) is 13.2 Å². The number of benzene rings is 1. The Morgan fingerprint density at radius 3 is 1.95 bits per heavy atom. The van der Waals surface area contributed by atoms with Gasteiger partial charge in [0.1, 0.15) is 5.69 Å². The summed E-state index contributed by atoms with van der Waals surface area (Å²) in [6, 6.07) is 7.55. The van der Waals surface area contributed by atoms with Gasteiger partial charge < -0.3 is 4.98 Å². The van der Waals surface area contributed by atoms with Crippen LogP contribution in [0.1, 0.15) is 16.8 Å². The number of nitrogens with one attached hydrogen (secondary N) is 1. The zero-order valence-corrected chi connectivity index (χ0v) is 10.4. The second kappa shape index (κ2) is 4.57. The van der Waals surface area contributed by atoms with Crippen molar-refractivity contribution < 1.29 is 13.2 Å². The van der Waals surface area contributed by atoms with E-state index in [1.54, 1.807) is 17.1 Å². The fourth-order valence-corrected chi connectivity index (χ4v) is 2.00. The largest absolute Gasteiger partial charge is 0.431 e. The molecule has 0 bridgehead atoms. The van der Waals surface area contributed by atoms with Crippen molar-refractivity contribution in [2.75, 3.05) is 0 Å². The SMILES string of the molecule is Cc1cc(C)cc(-c2cc(C(F)(F)F)[nH]c(=O)c2)c1. The van der Waals surface area contributed by atoms with Crippen molar-refractivity contribution in [2.45, 2.75) is 20.0 Å². The standard InChI is InChI=1S/C14H12F3NO/c1-8-3-9(2)5-10(4-8)11-6-12(14(15,16)17)18-13(19)7-11/h3-7H,1-2H3,(H,18,19). The number of rotatable bonds is 1. The first-order valence-corrected chi connectivity index (χ1v) is 5.66. The molecule has 0 saturated heterocycles. The van der Waals surface area contributed by atoms with Gasteiger partial charge in [0.05, 0.1) is 0 Å². The van der Waals surface area contributed by atoms with Crippen molar-refractivity contribution in [2.24, 2.45) is 0 Å². The number of aromatic amines is 1. The number of aromatic nitrogens is 1. The molecule has 1 N–H and O–H groups in total. The lowest BCUT2D eigenvalue weighted by molar-refractivity contribution is -0.141. The second-order valence-corrected chi connectivity index (χ2v) is 4.52. The van der Waals surface area contributed by atoms with Crippen LogP contribution in [-0.4, -0.2) is 4.98 Å². The van der Waals surface area contributed by atoms with Crippen molar-refractivity contribution in [1.29, 1.82) is 0 Å². The van der Waals surface area contributed by atoms with E-state index in [2.05, 4.69) is 0 Å². The van der Waals surface area contributed by atoms with Gasteiger partial charge in [-0.1, -0.05) is 29.3 Å². The number of hydrogen-bond acceptors (Lipinski definition) is 1. The average molecular weight is 267 g/mol. The predicted molar refractivity (Wildman–Crippen MR) is 67.0 cm³/mol. The van der Waals surface area contributed by atoms with Gasteiger partial charge in [-0.25, -0.2) is 0 Å². The van der Waals surface area contributed by atoms with Crippen molar-refractivity contribution in [3.63, 3.8) is 0 Å². The number of halogens is 3. The van der Waals surface area contributed by atoms with Crippen LogP contribution < -0.4 is 5.56 Å². The van der Waals surface area contributed by atoms with Gasteiger partial charge in [-0.15, -0.1) is 0 Å². The minimum absolute atomic E-state index is 0.267. The highest BCUT2D eigenvalue weighted by Crippen LogP contribution is 2.30. The van der Waals surface area contributed by atoms with Gasteiger partial charge in [0.15, 0.2) is 0 Å². The number of alkyl halides is 3. The third-order valence-corrected chi connectivity index (χ3v) is 2.70. The molecule has 0 aliphatic carbocycles. The molecule has 0 unspecified atom stereocenters. The number of hydrogen-bond donors (Lipinski definition) is 1. The molecule has 0 spiro atoms. The van der Waals surface area contributed by atoms with Gasteiger partial charge in [-0.3, -0.25) is 4.79 Å². The quantitative estimate of drug-likeness (QED) is 0.840. The van der Waals surface area contributed by atoms with Crippen LogP contribution in [0.3, 0.4) is 0 Å². The van der Waals surface area contributed by atoms with Crippen molar-refractivity contribution in [3.05, 3.63) is 57.5 Å². The maximum absolute atomic E-state index is 12.7. The summed E-state index contributed by atoms with van der Waals surface area (Å²) < 4.78 is 38.0. The molecular weight excluding hydrogens is 255 g/mol. The summed E-state index contributed by atoms with van der Waals surface area (Å²) in [4.78, 5) is 13.2. The molecule has 0 amide bonds. The summed E-state index contributed by atoms with van der Waals surface area (Å²) in [5.41, 5.74) is 0.947. The molecule has 1 aromatic heterocycles. The second-order valence-electron chi connectivity index (χ2n) is 4.52. The van der Waals surface area contributed by atoms with Crippen LogP contribution >= 0.6 is 0 Å². The zero-order chi connectivity index (χ0) is 14.2. The molecule has 1 aromatic carbocycles. The van der Waals surface area contributed by atoms with E-state index in [4.69, 9.17) is 0 Å². The summed E-state index contributed by atoms with van der Waals surface area (Å²) in [6.45, 7) is 3.71. The van der Waals surface area contributed by atoms with Gasteiger partial charge in [0, 0.05) is 6.07 Å². The third-order valence-electron chi connectivity index (χ3n) is 2.70. The van der Waals surface area contributed by atoms with Crippen LogP contribution in [0.5, 0.6) is 0 Å². The lowest BCUT2D eigenvalue weighted by Crippen LogP contribution is -2.15. The Morgan fingerprint density at radius 1 is 0.895 bits per heavy atom. The Bertz CT molecular complexity index is 651. The van der Waals surface area contributed by atoms with Crippen LogP contribution in [0, 0.1) is 13.8 Å². The van der Waals surface area contributed by atoms with E-state index in [-0.39, 0.29) is 5.56 Å². The third kappa shape index (κ3) is 3.05. The van der Waals surface area contributed by atoms with E-state index in [0.717, 1.165) is 17.2 Å². The Balaban J connectivity index is 2.63. The average Bonchev–Trinajstić information content (AvgIpc) is 2.25. The highest BCUT2D eigenvalue weighted by atomic mass is 19.4.